The maximum absolute atomic E-state index is 12.5. The first-order chi connectivity index (χ1) is 22.0. The Bertz CT molecular complexity index is 919. The molecule has 268 valence electrons. The van der Waals surface area contributed by atoms with Gasteiger partial charge >= 0.3 is 19.8 Å². The van der Waals surface area contributed by atoms with Gasteiger partial charge in [-0.05, 0) is 25.2 Å². The molecule has 0 aromatic rings. The number of allylic oxidation sites excluding steroid dienone is 1. The molecule has 0 saturated heterocycles. The van der Waals surface area contributed by atoms with Crippen molar-refractivity contribution in [3.05, 3.63) is 24.3 Å². The molecule has 1 aliphatic carbocycles. The predicted octanol–water partition coefficient (Wildman–Crippen LogP) is 6.05. The highest BCUT2D eigenvalue weighted by Crippen LogP contribution is 2.37. The molecular formula is C34H61O11P. The van der Waals surface area contributed by atoms with E-state index in [1.54, 1.807) is 24.3 Å². The van der Waals surface area contributed by atoms with Gasteiger partial charge in [0.2, 0.25) is 0 Å². The SMILES string of the molecule is CCCCCCCCCCCCC(=O)OC[C@H](COP(=O)(O)O)OC(=O)C/C=C\C[C@H]1[C@@H](/C=C/[C@H](O)CCCCC)[C@H](O)C[C@@H]1O. The Labute approximate surface area is 276 Å². The summed E-state index contributed by atoms with van der Waals surface area (Å²) in [6.07, 6.45) is 19.0. The van der Waals surface area contributed by atoms with E-state index in [0.29, 0.717) is 19.3 Å². The molecule has 0 heterocycles. The minimum absolute atomic E-state index is 0.166. The quantitative estimate of drug-likeness (QED) is 0.0296. The lowest BCUT2D eigenvalue weighted by Crippen LogP contribution is -2.29. The second kappa shape index (κ2) is 25.4. The van der Waals surface area contributed by atoms with Crippen LogP contribution in [-0.4, -0.2) is 74.7 Å². The summed E-state index contributed by atoms with van der Waals surface area (Å²) >= 11 is 0. The summed E-state index contributed by atoms with van der Waals surface area (Å²) in [5.74, 6) is -1.82. The van der Waals surface area contributed by atoms with Crippen molar-refractivity contribution in [2.24, 2.45) is 11.8 Å². The number of aliphatic hydroxyl groups is 3. The summed E-state index contributed by atoms with van der Waals surface area (Å²) in [7, 11) is -4.84. The van der Waals surface area contributed by atoms with Crippen LogP contribution in [0.5, 0.6) is 0 Å². The Kier molecular flexibility index (Phi) is 23.5. The molecule has 12 heteroatoms. The number of esters is 2. The van der Waals surface area contributed by atoms with E-state index in [1.165, 1.54) is 38.5 Å². The summed E-state index contributed by atoms with van der Waals surface area (Å²) in [5.41, 5.74) is 0. The number of aliphatic hydroxyl groups excluding tert-OH is 3. The lowest BCUT2D eigenvalue weighted by Gasteiger charge is -2.20. The maximum atomic E-state index is 12.5. The van der Waals surface area contributed by atoms with E-state index in [-0.39, 0.29) is 31.1 Å². The number of phosphoric ester groups is 1. The molecular weight excluding hydrogens is 615 g/mol. The molecule has 1 saturated carbocycles. The van der Waals surface area contributed by atoms with E-state index >= 15 is 0 Å². The fraction of sp³-hybridized carbons (Fsp3) is 0.824. The number of rotatable bonds is 27. The highest BCUT2D eigenvalue weighted by Gasteiger charge is 2.39. The van der Waals surface area contributed by atoms with Crippen molar-refractivity contribution < 1.29 is 53.3 Å². The van der Waals surface area contributed by atoms with Crippen LogP contribution in [0.3, 0.4) is 0 Å². The van der Waals surface area contributed by atoms with Gasteiger partial charge in [-0.3, -0.25) is 14.1 Å². The lowest BCUT2D eigenvalue weighted by molar-refractivity contribution is -0.160. The van der Waals surface area contributed by atoms with Gasteiger partial charge in [0.05, 0.1) is 31.3 Å². The summed E-state index contributed by atoms with van der Waals surface area (Å²) in [5, 5.41) is 31.1. The zero-order valence-corrected chi connectivity index (χ0v) is 28.9. The molecule has 5 N–H and O–H groups in total. The minimum atomic E-state index is -4.84. The third-order valence-corrected chi connectivity index (χ3v) is 8.81. The molecule has 0 aromatic heterocycles. The van der Waals surface area contributed by atoms with Gasteiger partial charge in [-0.1, -0.05) is 115 Å². The van der Waals surface area contributed by atoms with Crippen molar-refractivity contribution in [1.29, 1.82) is 0 Å². The van der Waals surface area contributed by atoms with E-state index in [0.717, 1.165) is 38.5 Å². The van der Waals surface area contributed by atoms with Crippen molar-refractivity contribution in [2.75, 3.05) is 13.2 Å². The van der Waals surface area contributed by atoms with Crippen LogP contribution in [0.1, 0.15) is 129 Å². The normalized spacial score (nSPS) is 21.6. The first-order valence-electron chi connectivity index (χ1n) is 17.4. The second-order valence-corrected chi connectivity index (χ2v) is 13.7. The third kappa shape index (κ3) is 21.3. The Hall–Kier alpha value is -1.59. The Morgan fingerprint density at radius 3 is 2.07 bits per heavy atom. The van der Waals surface area contributed by atoms with Gasteiger partial charge in [0.25, 0.3) is 0 Å². The van der Waals surface area contributed by atoms with Crippen molar-refractivity contribution in [1.82, 2.24) is 0 Å². The Balaban J connectivity index is 2.48. The smallest absolute Gasteiger partial charge is 0.462 e. The van der Waals surface area contributed by atoms with Crippen LogP contribution in [0.4, 0.5) is 0 Å². The van der Waals surface area contributed by atoms with Gasteiger partial charge in [-0.25, -0.2) is 4.57 Å². The molecule has 0 aromatic carbocycles. The third-order valence-electron chi connectivity index (χ3n) is 8.33. The summed E-state index contributed by atoms with van der Waals surface area (Å²) in [4.78, 5) is 42.8. The molecule has 11 nitrogen and oxygen atoms in total. The molecule has 0 amide bonds. The lowest BCUT2D eigenvalue weighted by atomic mass is 9.89. The number of unbranched alkanes of at least 4 members (excludes halogenated alkanes) is 11. The van der Waals surface area contributed by atoms with Crippen LogP contribution in [0.25, 0.3) is 0 Å². The van der Waals surface area contributed by atoms with Crippen molar-refractivity contribution in [2.45, 2.75) is 154 Å². The molecule has 1 fully saturated rings. The predicted molar refractivity (Wildman–Crippen MR) is 177 cm³/mol. The molecule has 1 rings (SSSR count). The zero-order valence-electron chi connectivity index (χ0n) is 28.0. The van der Waals surface area contributed by atoms with Crippen molar-refractivity contribution >= 4 is 19.8 Å². The van der Waals surface area contributed by atoms with Crippen LogP contribution in [-0.2, 0) is 28.2 Å². The average Bonchev–Trinajstić information content (AvgIpc) is 3.27. The van der Waals surface area contributed by atoms with E-state index in [2.05, 4.69) is 18.4 Å². The first-order valence-corrected chi connectivity index (χ1v) is 18.9. The molecule has 0 spiro atoms. The largest absolute Gasteiger partial charge is 0.469 e. The van der Waals surface area contributed by atoms with Gasteiger partial charge < -0.3 is 34.6 Å². The average molecular weight is 677 g/mol. The van der Waals surface area contributed by atoms with E-state index < -0.39 is 57.4 Å². The molecule has 0 radical (unpaired) electrons. The highest BCUT2D eigenvalue weighted by atomic mass is 31.2. The summed E-state index contributed by atoms with van der Waals surface area (Å²) < 4.78 is 26.2. The molecule has 0 aliphatic heterocycles. The number of carbonyl (C=O) groups excluding carboxylic acids is 2. The molecule has 46 heavy (non-hydrogen) atoms. The number of hydrogen-bond donors (Lipinski definition) is 5. The van der Waals surface area contributed by atoms with Crippen LogP contribution >= 0.6 is 7.82 Å². The van der Waals surface area contributed by atoms with Crippen LogP contribution in [0.15, 0.2) is 24.3 Å². The standard InChI is InChI=1S/C34H61O11P/c1-3-5-7-8-9-10-11-12-13-15-20-33(38)43-25-28(26-44-46(40,41)42)45-34(39)21-17-16-19-29-30(32(37)24-31(29)36)23-22-27(35)18-14-6-4-2/h16-17,22-23,27-32,35-37H,3-15,18-21,24-26H2,1-2H3,(H2,40,41,42)/b17-16-,23-22+/t27-,28-,29+,30-,31+,32-/m1/s1. The van der Waals surface area contributed by atoms with E-state index in [9.17, 15) is 29.5 Å². The number of phosphoric acid groups is 1. The Morgan fingerprint density at radius 2 is 1.43 bits per heavy atom. The van der Waals surface area contributed by atoms with Crippen molar-refractivity contribution in [3.63, 3.8) is 0 Å². The van der Waals surface area contributed by atoms with E-state index in [4.69, 9.17) is 19.3 Å². The van der Waals surface area contributed by atoms with Gasteiger partial charge in [0.15, 0.2) is 6.10 Å². The van der Waals surface area contributed by atoms with Gasteiger partial charge in [-0.15, -0.1) is 0 Å². The van der Waals surface area contributed by atoms with Crippen LogP contribution in [0.2, 0.25) is 0 Å². The topological polar surface area (TPSA) is 180 Å². The fourth-order valence-electron chi connectivity index (χ4n) is 5.64. The van der Waals surface area contributed by atoms with Crippen LogP contribution < -0.4 is 0 Å². The highest BCUT2D eigenvalue weighted by molar-refractivity contribution is 7.46. The zero-order chi connectivity index (χ0) is 34.2. The number of ether oxygens (including phenoxy) is 2. The van der Waals surface area contributed by atoms with Crippen LogP contribution in [0, 0.1) is 11.8 Å². The molecule has 0 bridgehead atoms. The summed E-state index contributed by atoms with van der Waals surface area (Å²) in [6, 6.07) is 0. The minimum Gasteiger partial charge on any atom is -0.462 e. The number of hydrogen-bond acceptors (Lipinski definition) is 9. The summed E-state index contributed by atoms with van der Waals surface area (Å²) in [6.45, 7) is 3.25. The molecule has 6 atom stereocenters. The number of carbonyl (C=O) groups is 2. The second-order valence-electron chi connectivity index (χ2n) is 12.5. The molecule has 1 aliphatic rings. The first kappa shape index (κ1) is 42.4. The Morgan fingerprint density at radius 1 is 0.826 bits per heavy atom. The van der Waals surface area contributed by atoms with Gasteiger partial charge in [0, 0.05) is 18.8 Å². The monoisotopic (exact) mass is 676 g/mol. The van der Waals surface area contributed by atoms with Crippen molar-refractivity contribution in [3.8, 4) is 0 Å². The van der Waals surface area contributed by atoms with Gasteiger partial charge in [0.1, 0.15) is 6.61 Å². The van der Waals surface area contributed by atoms with E-state index in [1.807, 2.05) is 0 Å². The van der Waals surface area contributed by atoms with Gasteiger partial charge in [-0.2, -0.15) is 0 Å². The fourth-order valence-corrected chi connectivity index (χ4v) is 6.00. The molecule has 0 unspecified atom stereocenters. The maximum Gasteiger partial charge on any atom is 0.469 e.